The molecule has 1 atom stereocenters. The number of benzene rings is 3. The van der Waals surface area contributed by atoms with Gasteiger partial charge in [-0.2, -0.15) is 13.2 Å². The van der Waals surface area contributed by atoms with Crippen molar-refractivity contribution in [3.8, 4) is 0 Å². The van der Waals surface area contributed by atoms with Gasteiger partial charge in [-0.25, -0.2) is 9.59 Å². The van der Waals surface area contributed by atoms with Crippen LogP contribution < -0.4 is 16.0 Å². The van der Waals surface area contributed by atoms with E-state index in [4.69, 9.17) is 0 Å². The summed E-state index contributed by atoms with van der Waals surface area (Å²) in [6.07, 6.45) is -6.12. The molecule has 0 radical (unpaired) electrons. The van der Waals surface area contributed by atoms with Crippen molar-refractivity contribution in [1.29, 1.82) is 0 Å². The highest BCUT2D eigenvalue weighted by atomic mass is 19.4. The minimum atomic E-state index is -4.39. The fraction of sp³-hybridized carbons (Fsp3) is 0.321. The number of hydrogen-bond acceptors (Lipinski definition) is 4. The number of fused-ring (bicyclic) bond motifs is 1. The number of nitrogens with one attached hydrogen (secondary N) is 3. The lowest BCUT2D eigenvalue weighted by atomic mass is 10.0. The number of amides is 3. The summed E-state index contributed by atoms with van der Waals surface area (Å²) in [5.41, 5.74) is 3.63. The summed E-state index contributed by atoms with van der Waals surface area (Å²) in [5.74, 6) is -1.60. The molecule has 3 rings (SSSR count). The van der Waals surface area contributed by atoms with Crippen LogP contribution in [0, 0.1) is 20.8 Å². The Morgan fingerprint density at radius 2 is 1.53 bits per heavy atom. The smallest absolute Gasteiger partial charge is 0.389 e. The molecule has 0 spiro atoms. The molecule has 0 bridgehead atoms. The monoisotopic (exact) mass is 529 g/mol. The molecule has 3 aromatic rings. The average Bonchev–Trinajstić information content (AvgIpc) is 2.83. The van der Waals surface area contributed by atoms with Crippen LogP contribution in [0.4, 0.5) is 29.3 Å². The molecule has 38 heavy (non-hydrogen) atoms. The minimum Gasteiger partial charge on any atom is -0.467 e. The number of hydrogen-bond donors (Lipinski definition) is 3. The van der Waals surface area contributed by atoms with E-state index in [9.17, 15) is 27.6 Å². The van der Waals surface area contributed by atoms with Gasteiger partial charge in [0, 0.05) is 12.1 Å². The SMILES string of the molecule is COC(=O)C(CCCC(F)(F)F)NC(=O)c1cc2ccccc2cc1NC(=O)Nc1c(C)cc(C)cc1C. The van der Waals surface area contributed by atoms with Gasteiger partial charge in [0.15, 0.2) is 0 Å². The molecule has 0 aliphatic rings. The maximum absolute atomic E-state index is 13.3. The number of esters is 1. The number of methoxy groups -OCH3 is 1. The van der Waals surface area contributed by atoms with E-state index >= 15 is 0 Å². The molecule has 0 fully saturated rings. The van der Waals surface area contributed by atoms with Gasteiger partial charge in [-0.05, 0) is 67.6 Å². The topological polar surface area (TPSA) is 96.5 Å². The summed E-state index contributed by atoms with van der Waals surface area (Å²) in [7, 11) is 1.09. The van der Waals surface area contributed by atoms with Crippen molar-refractivity contribution >= 4 is 40.1 Å². The molecule has 0 aromatic heterocycles. The van der Waals surface area contributed by atoms with Crippen LogP contribution >= 0.6 is 0 Å². The number of anilines is 2. The van der Waals surface area contributed by atoms with Crippen LogP contribution in [0.1, 0.15) is 46.3 Å². The van der Waals surface area contributed by atoms with Crippen molar-refractivity contribution in [3.05, 3.63) is 70.8 Å². The third kappa shape index (κ3) is 7.47. The van der Waals surface area contributed by atoms with Gasteiger partial charge in [-0.15, -0.1) is 0 Å². The Hall–Kier alpha value is -4.08. The van der Waals surface area contributed by atoms with Gasteiger partial charge < -0.3 is 20.7 Å². The van der Waals surface area contributed by atoms with Gasteiger partial charge in [0.25, 0.3) is 5.91 Å². The largest absolute Gasteiger partial charge is 0.467 e. The van der Waals surface area contributed by atoms with Crippen molar-refractivity contribution < 1.29 is 32.3 Å². The van der Waals surface area contributed by atoms with Gasteiger partial charge in [0.2, 0.25) is 0 Å². The van der Waals surface area contributed by atoms with Gasteiger partial charge in [0.1, 0.15) is 6.04 Å². The lowest BCUT2D eigenvalue weighted by molar-refractivity contribution is -0.145. The first-order chi connectivity index (χ1) is 17.9. The number of carbonyl (C=O) groups is 3. The molecule has 3 amide bonds. The Kier molecular flexibility index (Phi) is 8.98. The third-order valence-electron chi connectivity index (χ3n) is 6.04. The summed E-state index contributed by atoms with van der Waals surface area (Å²) >= 11 is 0. The highest BCUT2D eigenvalue weighted by molar-refractivity contribution is 6.10. The highest BCUT2D eigenvalue weighted by Gasteiger charge is 2.29. The zero-order valence-corrected chi connectivity index (χ0v) is 21.6. The molecule has 0 saturated heterocycles. The molecule has 0 aliphatic carbocycles. The lowest BCUT2D eigenvalue weighted by Crippen LogP contribution is -2.42. The van der Waals surface area contributed by atoms with Crippen LogP contribution in [0.2, 0.25) is 0 Å². The van der Waals surface area contributed by atoms with E-state index in [0.717, 1.165) is 29.2 Å². The number of urea groups is 1. The van der Waals surface area contributed by atoms with Crippen LogP contribution in [0.5, 0.6) is 0 Å². The van der Waals surface area contributed by atoms with Crippen LogP contribution in [0.15, 0.2) is 48.5 Å². The van der Waals surface area contributed by atoms with Crippen molar-refractivity contribution in [3.63, 3.8) is 0 Å². The Bertz CT molecular complexity index is 1330. The van der Waals surface area contributed by atoms with E-state index in [0.29, 0.717) is 11.1 Å². The van der Waals surface area contributed by atoms with E-state index < -0.39 is 36.5 Å². The van der Waals surface area contributed by atoms with E-state index in [1.165, 1.54) is 0 Å². The number of aryl methyl sites for hydroxylation is 3. The molecular weight excluding hydrogens is 499 g/mol. The van der Waals surface area contributed by atoms with Crippen LogP contribution in [-0.2, 0) is 9.53 Å². The summed E-state index contributed by atoms with van der Waals surface area (Å²) < 4.78 is 42.5. The van der Waals surface area contributed by atoms with Crippen molar-refractivity contribution in [1.82, 2.24) is 5.32 Å². The van der Waals surface area contributed by atoms with Gasteiger partial charge in [-0.1, -0.05) is 42.0 Å². The quantitative estimate of drug-likeness (QED) is 0.294. The molecule has 1 unspecified atom stereocenters. The van der Waals surface area contributed by atoms with E-state index in [1.807, 2.05) is 39.0 Å². The fourth-order valence-electron chi connectivity index (χ4n) is 4.31. The molecule has 3 N–H and O–H groups in total. The first-order valence-corrected chi connectivity index (χ1v) is 12.0. The number of halogens is 3. The van der Waals surface area contributed by atoms with Gasteiger partial charge >= 0.3 is 18.2 Å². The lowest BCUT2D eigenvalue weighted by Gasteiger charge is -2.19. The molecule has 202 valence electrons. The van der Waals surface area contributed by atoms with E-state index in [2.05, 4.69) is 20.7 Å². The predicted molar refractivity (Wildman–Crippen MR) is 140 cm³/mol. The summed E-state index contributed by atoms with van der Waals surface area (Å²) in [6, 6.07) is 12.3. The van der Waals surface area contributed by atoms with Crippen molar-refractivity contribution in [2.24, 2.45) is 0 Å². The molecule has 7 nitrogen and oxygen atoms in total. The predicted octanol–water partition coefficient (Wildman–Crippen LogP) is 6.41. The molecule has 3 aromatic carbocycles. The second kappa shape index (κ2) is 12.0. The molecular formula is C28H30F3N3O4. The summed E-state index contributed by atoms with van der Waals surface area (Å²) in [5, 5.41) is 9.43. The van der Waals surface area contributed by atoms with Crippen molar-refractivity contribution in [2.75, 3.05) is 17.7 Å². The van der Waals surface area contributed by atoms with Crippen LogP contribution in [-0.4, -0.2) is 37.2 Å². The van der Waals surface area contributed by atoms with Gasteiger partial charge in [0.05, 0.1) is 18.4 Å². The van der Waals surface area contributed by atoms with Crippen molar-refractivity contribution in [2.45, 2.75) is 52.3 Å². The number of rotatable bonds is 8. The highest BCUT2D eigenvalue weighted by Crippen LogP contribution is 2.27. The Morgan fingerprint density at radius 1 is 0.921 bits per heavy atom. The average molecular weight is 530 g/mol. The number of carbonyl (C=O) groups excluding carboxylic acids is 3. The maximum atomic E-state index is 13.3. The summed E-state index contributed by atoms with van der Waals surface area (Å²) in [4.78, 5) is 38.4. The third-order valence-corrected chi connectivity index (χ3v) is 6.04. The molecule has 0 saturated carbocycles. The second-order valence-corrected chi connectivity index (χ2v) is 9.15. The second-order valence-electron chi connectivity index (χ2n) is 9.15. The normalized spacial score (nSPS) is 12.1. The standard InChI is InChI=1S/C28H30F3N3O4/c1-16-12-17(2)24(18(3)13-16)34-27(37)33-23-15-20-9-6-5-8-19(20)14-21(23)25(35)32-22(26(36)38-4)10-7-11-28(29,30)31/h5-6,8-9,12-15,22H,7,10-11H2,1-4H3,(H,32,35)(H2,33,34,37). The molecule has 0 heterocycles. The van der Waals surface area contributed by atoms with E-state index in [1.54, 1.807) is 30.3 Å². The van der Waals surface area contributed by atoms with Crippen LogP contribution in [0.3, 0.4) is 0 Å². The Labute approximate surface area is 218 Å². The Morgan fingerprint density at radius 3 is 2.11 bits per heavy atom. The zero-order chi connectivity index (χ0) is 28.0. The molecule has 0 aliphatic heterocycles. The first kappa shape index (κ1) is 28.5. The minimum absolute atomic E-state index is 0.0425. The van der Waals surface area contributed by atoms with Crippen LogP contribution in [0.25, 0.3) is 10.8 Å². The molecule has 10 heteroatoms. The first-order valence-electron chi connectivity index (χ1n) is 12.0. The number of ether oxygens (including phenoxy) is 1. The van der Waals surface area contributed by atoms with E-state index in [-0.39, 0.29) is 24.1 Å². The summed E-state index contributed by atoms with van der Waals surface area (Å²) in [6.45, 7) is 5.70. The zero-order valence-electron chi connectivity index (χ0n) is 21.6. The van der Waals surface area contributed by atoms with Gasteiger partial charge in [-0.3, -0.25) is 4.79 Å². The Balaban J connectivity index is 1.88. The maximum Gasteiger partial charge on any atom is 0.389 e. The number of alkyl halides is 3. The fourth-order valence-corrected chi connectivity index (χ4v) is 4.31.